The van der Waals surface area contributed by atoms with E-state index in [0.29, 0.717) is 12.1 Å². The highest BCUT2D eigenvalue weighted by Crippen LogP contribution is 2.29. The summed E-state index contributed by atoms with van der Waals surface area (Å²) in [6.07, 6.45) is -0.827. The average Bonchev–Trinajstić information content (AvgIpc) is 2.40. The molecule has 0 spiro atoms. The van der Waals surface area contributed by atoms with Gasteiger partial charge in [-0.3, -0.25) is 0 Å². The molecular formula is C17H20FNO. The third kappa shape index (κ3) is 3.17. The largest absolute Gasteiger partial charge is 0.389 e. The summed E-state index contributed by atoms with van der Waals surface area (Å²) in [6, 6.07) is 13.1. The van der Waals surface area contributed by atoms with Crippen LogP contribution >= 0.6 is 0 Å². The fourth-order valence-corrected chi connectivity index (χ4v) is 2.32. The molecule has 106 valence electrons. The summed E-state index contributed by atoms with van der Waals surface area (Å²) in [7, 11) is 1.90. The first-order valence-corrected chi connectivity index (χ1v) is 6.72. The Labute approximate surface area is 119 Å². The monoisotopic (exact) mass is 273 g/mol. The molecule has 0 aliphatic heterocycles. The van der Waals surface area contributed by atoms with E-state index in [9.17, 15) is 9.50 Å². The zero-order valence-electron chi connectivity index (χ0n) is 12.1. The maximum absolute atomic E-state index is 13.9. The van der Waals surface area contributed by atoms with Gasteiger partial charge in [0.2, 0.25) is 0 Å². The topological polar surface area (TPSA) is 23.5 Å². The number of hydrogen-bond acceptors (Lipinski definition) is 2. The van der Waals surface area contributed by atoms with Gasteiger partial charge in [-0.2, -0.15) is 0 Å². The van der Waals surface area contributed by atoms with Crippen molar-refractivity contribution in [2.24, 2.45) is 0 Å². The number of hydrogen-bond donors (Lipinski definition) is 1. The van der Waals surface area contributed by atoms with Crippen LogP contribution in [0.2, 0.25) is 0 Å². The highest BCUT2D eigenvalue weighted by molar-refractivity contribution is 5.55. The molecule has 0 fully saturated rings. The average molecular weight is 273 g/mol. The van der Waals surface area contributed by atoms with Crippen LogP contribution < -0.4 is 4.90 Å². The van der Waals surface area contributed by atoms with E-state index in [1.165, 1.54) is 11.6 Å². The van der Waals surface area contributed by atoms with Crippen molar-refractivity contribution in [3.8, 4) is 0 Å². The zero-order chi connectivity index (χ0) is 14.7. The van der Waals surface area contributed by atoms with Crippen LogP contribution in [0.25, 0.3) is 0 Å². The van der Waals surface area contributed by atoms with Crippen molar-refractivity contribution in [1.29, 1.82) is 0 Å². The molecule has 2 rings (SSSR count). The summed E-state index contributed by atoms with van der Waals surface area (Å²) in [5, 5.41) is 9.77. The third-order valence-corrected chi connectivity index (χ3v) is 3.40. The van der Waals surface area contributed by atoms with Crippen molar-refractivity contribution in [3.05, 3.63) is 65.0 Å². The Morgan fingerprint density at radius 3 is 2.40 bits per heavy atom. The van der Waals surface area contributed by atoms with E-state index >= 15 is 0 Å². The first-order chi connectivity index (χ1) is 9.49. The smallest absolute Gasteiger partial charge is 0.131 e. The van der Waals surface area contributed by atoms with Gasteiger partial charge in [0.15, 0.2) is 0 Å². The fourth-order valence-electron chi connectivity index (χ4n) is 2.32. The van der Waals surface area contributed by atoms with E-state index in [-0.39, 0.29) is 5.82 Å². The lowest BCUT2D eigenvalue weighted by molar-refractivity contribution is 0.194. The number of anilines is 1. The van der Waals surface area contributed by atoms with Gasteiger partial charge in [0.25, 0.3) is 0 Å². The molecule has 0 bridgehead atoms. The standard InChI is InChI=1S/C17H20FNO/c1-12-7-9-14(10-8-12)11-19(3)16-6-4-5-15(18)17(16)13(2)20/h4-10,13,20H,11H2,1-3H3/t13-/m1/s1. The van der Waals surface area contributed by atoms with Gasteiger partial charge < -0.3 is 10.0 Å². The SMILES string of the molecule is Cc1ccc(CN(C)c2cccc(F)c2[C@@H](C)O)cc1. The second-order valence-corrected chi connectivity index (χ2v) is 5.19. The first kappa shape index (κ1) is 14.5. The Hall–Kier alpha value is -1.87. The second-order valence-electron chi connectivity index (χ2n) is 5.19. The molecule has 0 heterocycles. The van der Waals surface area contributed by atoms with E-state index in [2.05, 4.69) is 24.3 Å². The quantitative estimate of drug-likeness (QED) is 0.915. The van der Waals surface area contributed by atoms with Crippen molar-refractivity contribution in [2.45, 2.75) is 26.5 Å². The highest BCUT2D eigenvalue weighted by Gasteiger charge is 2.16. The lowest BCUT2D eigenvalue weighted by atomic mass is 10.1. The van der Waals surface area contributed by atoms with Gasteiger partial charge in [0.1, 0.15) is 5.82 Å². The lowest BCUT2D eigenvalue weighted by Gasteiger charge is -2.24. The van der Waals surface area contributed by atoms with Crippen LogP contribution in [0.3, 0.4) is 0 Å². The predicted molar refractivity (Wildman–Crippen MR) is 80.3 cm³/mol. The number of aryl methyl sites for hydroxylation is 1. The fraction of sp³-hybridized carbons (Fsp3) is 0.294. The molecule has 0 saturated carbocycles. The highest BCUT2D eigenvalue weighted by atomic mass is 19.1. The number of aliphatic hydroxyl groups is 1. The van der Waals surface area contributed by atoms with E-state index < -0.39 is 6.10 Å². The van der Waals surface area contributed by atoms with Gasteiger partial charge in [0.05, 0.1) is 6.10 Å². The van der Waals surface area contributed by atoms with Gasteiger partial charge in [-0.15, -0.1) is 0 Å². The van der Waals surface area contributed by atoms with Gasteiger partial charge >= 0.3 is 0 Å². The molecule has 0 saturated heterocycles. The Morgan fingerprint density at radius 2 is 1.80 bits per heavy atom. The van der Waals surface area contributed by atoms with Crippen LogP contribution in [-0.2, 0) is 6.54 Å². The Kier molecular flexibility index (Phi) is 4.40. The van der Waals surface area contributed by atoms with Crippen molar-refractivity contribution in [3.63, 3.8) is 0 Å². The van der Waals surface area contributed by atoms with Gasteiger partial charge in [-0.25, -0.2) is 4.39 Å². The van der Waals surface area contributed by atoms with Crippen molar-refractivity contribution in [1.82, 2.24) is 0 Å². The molecule has 1 N–H and O–H groups in total. The minimum absolute atomic E-state index is 0.349. The van der Waals surface area contributed by atoms with E-state index in [1.807, 2.05) is 24.9 Å². The first-order valence-electron chi connectivity index (χ1n) is 6.72. The Morgan fingerprint density at radius 1 is 1.15 bits per heavy atom. The van der Waals surface area contributed by atoms with E-state index in [4.69, 9.17) is 0 Å². The number of aliphatic hydroxyl groups excluding tert-OH is 1. The number of nitrogens with zero attached hydrogens (tertiary/aromatic N) is 1. The van der Waals surface area contributed by atoms with Crippen LogP contribution in [0, 0.1) is 12.7 Å². The van der Waals surface area contributed by atoms with Crippen molar-refractivity contribution >= 4 is 5.69 Å². The van der Waals surface area contributed by atoms with Crippen LogP contribution in [0.15, 0.2) is 42.5 Å². The lowest BCUT2D eigenvalue weighted by Crippen LogP contribution is -2.19. The summed E-state index contributed by atoms with van der Waals surface area (Å²) < 4.78 is 13.9. The summed E-state index contributed by atoms with van der Waals surface area (Å²) >= 11 is 0. The zero-order valence-corrected chi connectivity index (χ0v) is 12.1. The minimum Gasteiger partial charge on any atom is -0.389 e. The van der Waals surface area contributed by atoms with Gasteiger partial charge in [0, 0.05) is 24.8 Å². The summed E-state index contributed by atoms with van der Waals surface area (Å²) in [6.45, 7) is 4.30. The molecule has 0 aliphatic carbocycles. The van der Waals surface area contributed by atoms with Crippen molar-refractivity contribution in [2.75, 3.05) is 11.9 Å². The maximum atomic E-state index is 13.9. The predicted octanol–water partition coefficient (Wildman–Crippen LogP) is 3.82. The number of halogens is 1. The normalized spacial score (nSPS) is 12.2. The minimum atomic E-state index is -0.827. The molecule has 0 aliphatic rings. The molecule has 2 aromatic rings. The molecular weight excluding hydrogens is 253 g/mol. The van der Waals surface area contributed by atoms with Crippen LogP contribution in [-0.4, -0.2) is 12.2 Å². The second kappa shape index (κ2) is 6.06. The molecule has 3 heteroatoms. The van der Waals surface area contributed by atoms with Crippen LogP contribution in [0.5, 0.6) is 0 Å². The number of rotatable bonds is 4. The molecule has 0 amide bonds. The third-order valence-electron chi connectivity index (χ3n) is 3.40. The van der Waals surface area contributed by atoms with Crippen LogP contribution in [0.4, 0.5) is 10.1 Å². The number of benzene rings is 2. The molecule has 0 aromatic heterocycles. The van der Waals surface area contributed by atoms with E-state index in [0.717, 1.165) is 11.3 Å². The molecule has 0 unspecified atom stereocenters. The van der Waals surface area contributed by atoms with Gasteiger partial charge in [-0.05, 0) is 31.5 Å². The van der Waals surface area contributed by atoms with Crippen molar-refractivity contribution < 1.29 is 9.50 Å². The Balaban J connectivity index is 2.27. The maximum Gasteiger partial charge on any atom is 0.131 e. The Bertz CT molecular complexity index is 578. The summed E-state index contributed by atoms with van der Waals surface area (Å²) in [5.41, 5.74) is 3.44. The summed E-state index contributed by atoms with van der Waals surface area (Å²) in [4.78, 5) is 1.95. The molecule has 20 heavy (non-hydrogen) atoms. The summed E-state index contributed by atoms with van der Waals surface area (Å²) in [5.74, 6) is -0.367. The molecule has 0 radical (unpaired) electrons. The molecule has 2 aromatic carbocycles. The van der Waals surface area contributed by atoms with Crippen LogP contribution in [0.1, 0.15) is 29.7 Å². The molecule has 2 nitrogen and oxygen atoms in total. The van der Waals surface area contributed by atoms with E-state index in [1.54, 1.807) is 13.0 Å². The molecule has 1 atom stereocenters. The van der Waals surface area contributed by atoms with Gasteiger partial charge in [-0.1, -0.05) is 35.9 Å².